The second kappa shape index (κ2) is 6.05. The van der Waals surface area contributed by atoms with E-state index in [1.165, 1.54) is 0 Å². The quantitative estimate of drug-likeness (QED) is 0.889. The monoisotopic (exact) mass is 293 g/mol. The summed E-state index contributed by atoms with van der Waals surface area (Å²) in [6, 6.07) is 5.28. The van der Waals surface area contributed by atoms with Crippen LogP contribution in [0.4, 0.5) is 4.39 Å². The molecule has 1 aromatic carbocycles. The summed E-state index contributed by atoms with van der Waals surface area (Å²) in [5, 5.41) is 3.37. The second-order valence-corrected chi connectivity index (χ2v) is 7.22. The van der Waals surface area contributed by atoms with Gasteiger partial charge in [0.1, 0.15) is 5.82 Å². The van der Waals surface area contributed by atoms with Crippen molar-refractivity contribution in [3.63, 3.8) is 0 Å². The van der Waals surface area contributed by atoms with Crippen LogP contribution in [0.2, 0.25) is 0 Å². The molecule has 1 aliphatic carbocycles. The van der Waals surface area contributed by atoms with Crippen LogP contribution in [0, 0.1) is 18.2 Å². The second-order valence-electron chi connectivity index (χ2n) is 7.22. The summed E-state index contributed by atoms with van der Waals surface area (Å²) in [5.41, 5.74) is 2.06. The van der Waals surface area contributed by atoms with Crippen LogP contribution in [0.15, 0.2) is 18.2 Å². The van der Waals surface area contributed by atoms with Crippen LogP contribution in [0.1, 0.15) is 56.7 Å². The van der Waals surface area contributed by atoms with Gasteiger partial charge in [0.05, 0.1) is 11.6 Å². The number of nitrogens with one attached hydrogen (secondary N) is 1. The summed E-state index contributed by atoms with van der Waals surface area (Å²) in [4.78, 5) is 0. The molecule has 1 unspecified atom stereocenters. The van der Waals surface area contributed by atoms with Gasteiger partial charge in [-0.3, -0.25) is 0 Å². The van der Waals surface area contributed by atoms with E-state index in [-0.39, 0.29) is 17.5 Å². The smallest absolute Gasteiger partial charge is 0.123 e. The van der Waals surface area contributed by atoms with Crippen LogP contribution >= 0.6 is 0 Å². The molecule has 1 N–H and O–H groups in total. The van der Waals surface area contributed by atoms with Crippen LogP contribution in [-0.2, 0) is 4.74 Å². The molecule has 1 fully saturated rings. The number of ether oxygens (including phenoxy) is 1. The minimum atomic E-state index is -0.246. The van der Waals surface area contributed by atoms with Crippen molar-refractivity contribution in [2.75, 3.05) is 14.2 Å². The molecular formula is C18H28FNO. The maximum Gasteiger partial charge on any atom is 0.123 e. The Morgan fingerprint density at radius 2 is 1.76 bits per heavy atom. The lowest BCUT2D eigenvalue weighted by molar-refractivity contribution is -0.0862. The van der Waals surface area contributed by atoms with Crippen LogP contribution < -0.4 is 5.32 Å². The summed E-state index contributed by atoms with van der Waals surface area (Å²) in [7, 11) is 3.72. The van der Waals surface area contributed by atoms with E-state index in [1.54, 1.807) is 19.2 Å². The minimum absolute atomic E-state index is 0.0213. The van der Waals surface area contributed by atoms with Crippen molar-refractivity contribution in [3.05, 3.63) is 35.1 Å². The Morgan fingerprint density at radius 1 is 1.14 bits per heavy atom. The number of rotatable bonds is 4. The molecule has 0 aromatic heterocycles. The van der Waals surface area contributed by atoms with Crippen molar-refractivity contribution in [3.8, 4) is 0 Å². The highest BCUT2D eigenvalue weighted by atomic mass is 19.1. The van der Waals surface area contributed by atoms with E-state index in [2.05, 4.69) is 25.2 Å². The van der Waals surface area contributed by atoms with Gasteiger partial charge in [0.25, 0.3) is 0 Å². The lowest BCUT2D eigenvalue weighted by Crippen LogP contribution is -2.48. The molecule has 0 bridgehead atoms. The van der Waals surface area contributed by atoms with Gasteiger partial charge in [0.15, 0.2) is 0 Å². The van der Waals surface area contributed by atoms with Crippen molar-refractivity contribution < 1.29 is 9.13 Å². The molecule has 0 aliphatic heterocycles. The van der Waals surface area contributed by atoms with Gasteiger partial charge < -0.3 is 10.1 Å². The summed E-state index contributed by atoms with van der Waals surface area (Å²) in [5.74, 6) is -0.173. The summed E-state index contributed by atoms with van der Waals surface area (Å²) >= 11 is 0. The van der Waals surface area contributed by atoms with Gasteiger partial charge in [0.2, 0.25) is 0 Å². The zero-order chi connectivity index (χ0) is 15.7. The molecule has 1 atom stereocenters. The van der Waals surface area contributed by atoms with E-state index >= 15 is 0 Å². The Morgan fingerprint density at radius 3 is 2.24 bits per heavy atom. The van der Waals surface area contributed by atoms with E-state index in [4.69, 9.17) is 4.74 Å². The first-order valence-corrected chi connectivity index (χ1v) is 7.81. The lowest BCUT2D eigenvalue weighted by Gasteiger charge is -2.47. The number of methoxy groups -OCH3 is 1. The number of hydrogen-bond donors (Lipinski definition) is 1. The third kappa shape index (κ3) is 3.46. The maximum absolute atomic E-state index is 13.8. The van der Waals surface area contributed by atoms with E-state index in [1.807, 2.05) is 14.0 Å². The lowest BCUT2D eigenvalue weighted by atomic mass is 9.67. The molecule has 0 saturated heterocycles. The molecule has 2 nitrogen and oxygen atoms in total. The van der Waals surface area contributed by atoms with E-state index < -0.39 is 0 Å². The third-order valence-corrected chi connectivity index (χ3v) is 5.07. The molecule has 0 amide bonds. The number of benzene rings is 1. The first-order chi connectivity index (χ1) is 9.82. The normalized spacial score (nSPS) is 22.0. The van der Waals surface area contributed by atoms with Crippen LogP contribution in [0.25, 0.3) is 0 Å². The van der Waals surface area contributed by atoms with Gasteiger partial charge in [-0.15, -0.1) is 0 Å². The average molecular weight is 293 g/mol. The Bertz CT molecular complexity index is 468. The summed E-state index contributed by atoms with van der Waals surface area (Å²) < 4.78 is 19.7. The molecule has 1 aromatic rings. The van der Waals surface area contributed by atoms with Crippen LogP contribution in [-0.4, -0.2) is 19.8 Å². The van der Waals surface area contributed by atoms with Crippen molar-refractivity contribution in [1.29, 1.82) is 0 Å². The number of aryl methyl sites for hydroxylation is 1. The largest absolute Gasteiger partial charge is 0.376 e. The first-order valence-electron chi connectivity index (χ1n) is 7.81. The fraction of sp³-hybridized carbons (Fsp3) is 0.667. The average Bonchev–Trinajstić information content (AvgIpc) is 2.41. The van der Waals surface area contributed by atoms with E-state index in [0.29, 0.717) is 5.41 Å². The number of hydrogen-bond acceptors (Lipinski definition) is 2. The molecule has 3 heteroatoms. The standard InChI is InChI=1S/C18H28FNO/c1-13-10-14(12-15(19)11-13)16(20-4)18(21-5)8-6-17(2,3)7-9-18/h10-12,16,20H,6-9H2,1-5H3. The van der Waals surface area contributed by atoms with Gasteiger partial charge in [-0.2, -0.15) is 0 Å². The Balaban J connectivity index is 2.34. The summed E-state index contributed by atoms with van der Waals surface area (Å²) in [6.07, 6.45) is 4.26. The molecule has 0 radical (unpaired) electrons. The van der Waals surface area contributed by atoms with Gasteiger partial charge in [0, 0.05) is 7.11 Å². The molecule has 118 valence electrons. The molecule has 2 rings (SSSR count). The predicted octanol–water partition coefficient (Wildman–Crippen LogP) is 4.38. The Labute approximate surface area is 128 Å². The van der Waals surface area contributed by atoms with Gasteiger partial charge in [-0.1, -0.05) is 19.9 Å². The molecule has 0 spiro atoms. The zero-order valence-corrected chi connectivity index (χ0v) is 13.9. The molecule has 1 aliphatic rings. The first kappa shape index (κ1) is 16.4. The van der Waals surface area contributed by atoms with E-state index in [9.17, 15) is 4.39 Å². The van der Waals surface area contributed by atoms with Gasteiger partial charge >= 0.3 is 0 Å². The van der Waals surface area contributed by atoms with Crippen molar-refractivity contribution >= 4 is 0 Å². The van der Waals surface area contributed by atoms with Crippen molar-refractivity contribution in [1.82, 2.24) is 5.32 Å². The summed E-state index contributed by atoms with van der Waals surface area (Å²) in [6.45, 7) is 6.56. The van der Waals surface area contributed by atoms with Crippen molar-refractivity contribution in [2.45, 2.75) is 58.1 Å². The third-order valence-electron chi connectivity index (χ3n) is 5.07. The zero-order valence-electron chi connectivity index (χ0n) is 13.9. The molecule has 1 saturated carbocycles. The van der Waals surface area contributed by atoms with Crippen LogP contribution in [0.5, 0.6) is 0 Å². The van der Waals surface area contributed by atoms with Crippen molar-refractivity contribution in [2.24, 2.45) is 5.41 Å². The minimum Gasteiger partial charge on any atom is -0.376 e. The van der Waals surface area contributed by atoms with Gasteiger partial charge in [-0.25, -0.2) is 4.39 Å². The highest BCUT2D eigenvalue weighted by molar-refractivity contribution is 5.29. The fourth-order valence-corrected chi connectivity index (χ4v) is 3.63. The molecule has 21 heavy (non-hydrogen) atoms. The SMILES string of the molecule is CNC(c1cc(C)cc(F)c1)C1(OC)CCC(C)(C)CC1. The Hall–Kier alpha value is -0.930. The highest BCUT2D eigenvalue weighted by Gasteiger charge is 2.44. The molecule has 0 heterocycles. The van der Waals surface area contributed by atoms with Crippen LogP contribution in [0.3, 0.4) is 0 Å². The van der Waals surface area contributed by atoms with Gasteiger partial charge in [-0.05, 0) is 68.3 Å². The number of likely N-dealkylation sites (N-methyl/N-ethyl adjacent to an activating group) is 1. The Kier molecular flexibility index (Phi) is 4.74. The molecular weight excluding hydrogens is 265 g/mol. The predicted molar refractivity (Wildman–Crippen MR) is 84.9 cm³/mol. The maximum atomic E-state index is 13.8. The topological polar surface area (TPSA) is 21.3 Å². The number of halogens is 1. The van der Waals surface area contributed by atoms with E-state index in [0.717, 1.165) is 36.8 Å². The fourth-order valence-electron chi connectivity index (χ4n) is 3.63. The highest BCUT2D eigenvalue weighted by Crippen LogP contribution is 2.47.